The van der Waals surface area contributed by atoms with E-state index in [1.807, 2.05) is 0 Å². The van der Waals surface area contributed by atoms with Crippen molar-refractivity contribution in [1.29, 1.82) is 0 Å². The van der Waals surface area contributed by atoms with Crippen LogP contribution in [0.25, 0.3) is 0 Å². The predicted octanol–water partition coefficient (Wildman–Crippen LogP) is 1.91. The molecule has 1 N–H and O–H groups in total. The highest BCUT2D eigenvalue weighted by atomic mass is 19.4. The molecule has 3 nitrogen and oxygen atoms in total. The average molecular weight is 208 g/mol. The normalized spacial score (nSPS) is 11.1. The fourth-order valence-electron chi connectivity index (χ4n) is 0.812. The monoisotopic (exact) mass is 208 g/mol. The molecule has 0 aromatic heterocycles. The van der Waals surface area contributed by atoms with Gasteiger partial charge in [-0.15, -0.1) is 13.2 Å². The second kappa shape index (κ2) is 4.19. The molecule has 0 saturated heterocycles. The molecule has 14 heavy (non-hydrogen) atoms. The first-order valence-corrected chi connectivity index (χ1v) is 3.61. The lowest BCUT2D eigenvalue weighted by atomic mass is 10.3. The molecule has 0 aliphatic rings. The molecule has 0 heterocycles. The first-order chi connectivity index (χ1) is 6.51. The molecule has 0 aliphatic carbocycles. The molecule has 0 aliphatic heterocycles. The van der Waals surface area contributed by atoms with E-state index >= 15 is 0 Å². The van der Waals surface area contributed by atoms with Gasteiger partial charge >= 0.3 is 6.36 Å². The van der Waals surface area contributed by atoms with Crippen LogP contribution in [-0.4, -0.2) is 18.3 Å². The van der Waals surface area contributed by atoms with E-state index in [4.69, 9.17) is 5.11 Å². The van der Waals surface area contributed by atoms with Crippen molar-refractivity contribution in [2.45, 2.75) is 6.36 Å². The highest BCUT2D eigenvalue weighted by Crippen LogP contribution is 2.24. The lowest BCUT2D eigenvalue weighted by Gasteiger charge is -2.09. The molecule has 0 atom stereocenters. The molecule has 0 amide bonds. The average Bonchev–Trinajstić information content (AvgIpc) is 2.06. The summed E-state index contributed by atoms with van der Waals surface area (Å²) in [5, 5.41) is 8.34. The van der Waals surface area contributed by atoms with Gasteiger partial charge in [0.1, 0.15) is 11.5 Å². The van der Waals surface area contributed by atoms with Crippen molar-refractivity contribution in [3.05, 3.63) is 24.3 Å². The summed E-state index contributed by atoms with van der Waals surface area (Å²) in [5.41, 5.74) is 0. The standard InChI is InChI=1S/C8H7F3O3/c9-8(10,11)14-7-3-1-6(2-4-7)13-5-12/h1-4,12H,5H2. The maximum absolute atomic E-state index is 11.7. The van der Waals surface area contributed by atoms with E-state index in [0.29, 0.717) is 0 Å². The van der Waals surface area contributed by atoms with Crippen molar-refractivity contribution >= 4 is 0 Å². The number of aliphatic hydroxyl groups excluding tert-OH is 1. The van der Waals surface area contributed by atoms with E-state index in [1.54, 1.807) is 0 Å². The number of rotatable bonds is 3. The second-order valence-corrected chi connectivity index (χ2v) is 2.29. The Morgan fingerprint density at radius 3 is 2.00 bits per heavy atom. The highest BCUT2D eigenvalue weighted by Gasteiger charge is 2.30. The Bertz CT molecular complexity index is 281. The van der Waals surface area contributed by atoms with Gasteiger partial charge in [-0.05, 0) is 24.3 Å². The third-order valence-electron chi connectivity index (χ3n) is 1.29. The summed E-state index contributed by atoms with van der Waals surface area (Å²) in [6.07, 6.45) is -4.70. The number of benzene rings is 1. The molecule has 0 radical (unpaired) electrons. The van der Waals surface area contributed by atoms with Gasteiger partial charge in [0.05, 0.1) is 0 Å². The summed E-state index contributed by atoms with van der Waals surface area (Å²) >= 11 is 0. The van der Waals surface area contributed by atoms with E-state index in [2.05, 4.69) is 9.47 Å². The fourth-order valence-corrected chi connectivity index (χ4v) is 0.812. The minimum absolute atomic E-state index is 0.266. The lowest BCUT2D eigenvalue weighted by Crippen LogP contribution is -2.16. The van der Waals surface area contributed by atoms with Gasteiger partial charge < -0.3 is 14.6 Å². The smallest absolute Gasteiger partial charge is 0.468 e. The van der Waals surface area contributed by atoms with Crippen LogP contribution in [0.1, 0.15) is 0 Å². The van der Waals surface area contributed by atoms with Gasteiger partial charge in [-0.25, -0.2) is 0 Å². The van der Waals surface area contributed by atoms with Crippen molar-refractivity contribution in [2.24, 2.45) is 0 Å². The molecule has 1 rings (SSSR count). The minimum atomic E-state index is -4.70. The first kappa shape index (κ1) is 10.6. The van der Waals surface area contributed by atoms with Gasteiger partial charge in [-0.1, -0.05) is 0 Å². The second-order valence-electron chi connectivity index (χ2n) is 2.29. The van der Waals surface area contributed by atoms with E-state index < -0.39 is 13.2 Å². The van der Waals surface area contributed by atoms with Crippen LogP contribution >= 0.6 is 0 Å². The van der Waals surface area contributed by atoms with Crippen LogP contribution in [0.2, 0.25) is 0 Å². The maximum Gasteiger partial charge on any atom is 0.573 e. The summed E-state index contributed by atoms with van der Waals surface area (Å²) in [5.74, 6) is -0.0650. The number of ether oxygens (including phenoxy) is 2. The molecule has 78 valence electrons. The van der Waals surface area contributed by atoms with Crippen LogP contribution in [-0.2, 0) is 0 Å². The molecule has 6 heteroatoms. The van der Waals surface area contributed by atoms with Crippen LogP contribution < -0.4 is 9.47 Å². The van der Waals surface area contributed by atoms with Gasteiger partial charge in [0.2, 0.25) is 0 Å². The van der Waals surface area contributed by atoms with Crippen molar-refractivity contribution in [2.75, 3.05) is 6.79 Å². The Morgan fingerprint density at radius 2 is 1.57 bits per heavy atom. The van der Waals surface area contributed by atoms with Crippen LogP contribution in [0.5, 0.6) is 11.5 Å². The molecule has 0 saturated carbocycles. The number of aliphatic hydroxyl groups is 1. The zero-order valence-corrected chi connectivity index (χ0v) is 6.91. The summed E-state index contributed by atoms with van der Waals surface area (Å²) < 4.78 is 43.3. The van der Waals surface area contributed by atoms with Gasteiger partial charge in [-0.2, -0.15) is 0 Å². The SMILES string of the molecule is OCOc1ccc(OC(F)(F)F)cc1. The van der Waals surface area contributed by atoms with Crippen LogP contribution in [0.3, 0.4) is 0 Å². The van der Waals surface area contributed by atoms with Crippen molar-refractivity contribution in [3.8, 4) is 11.5 Å². The van der Waals surface area contributed by atoms with Crippen LogP contribution in [0.15, 0.2) is 24.3 Å². The summed E-state index contributed by atoms with van der Waals surface area (Å²) in [6, 6.07) is 4.71. The van der Waals surface area contributed by atoms with Crippen LogP contribution in [0.4, 0.5) is 13.2 Å². The number of hydrogen-bond acceptors (Lipinski definition) is 3. The zero-order chi connectivity index (χ0) is 10.6. The Balaban J connectivity index is 2.64. The third kappa shape index (κ3) is 3.53. The molecular weight excluding hydrogens is 201 g/mol. The topological polar surface area (TPSA) is 38.7 Å². The highest BCUT2D eigenvalue weighted by molar-refractivity contribution is 5.31. The fraction of sp³-hybridized carbons (Fsp3) is 0.250. The molecule has 0 spiro atoms. The van der Waals surface area contributed by atoms with Crippen LogP contribution in [0, 0.1) is 0 Å². The van der Waals surface area contributed by atoms with Gasteiger partial charge in [0.15, 0.2) is 6.79 Å². The predicted molar refractivity (Wildman–Crippen MR) is 40.8 cm³/mol. The van der Waals surface area contributed by atoms with E-state index in [9.17, 15) is 13.2 Å². The Morgan fingerprint density at radius 1 is 1.07 bits per heavy atom. The van der Waals surface area contributed by atoms with Gasteiger partial charge in [0.25, 0.3) is 0 Å². The molecule has 0 fully saturated rings. The van der Waals surface area contributed by atoms with E-state index in [-0.39, 0.29) is 11.5 Å². The van der Waals surface area contributed by atoms with E-state index in [1.165, 1.54) is 12.1 Å². The summed E-state index contributed by atoms with van der Waals surface area (Å²) in [6.45, 7) is -0.528. The maximum atomic E-state index is 11.7. The van der Waals surface area contributed by atoms with E-state index in [0.717, 1.165) is 12.1 Å². The summed E-state index contributed by atoms with van der Waals surface area (Å²) in [7, 11) is 0. The number of alkyl halides is 3. The number of hydrogen-bond donors (Lipinski definition) is 1. The Kier molecular flexibility index (Phi) is 3.19. The van der Waals surface area contributed by atoms with Gasteiger partial charge in [-0.3, -0.25) is 0 Å². The Labute approximate surface area is 77.7 Å². The summed E-state index contributed by atoms with van der Waals surface area (Å²) in [4.78, 5) is 0. The molecular formula is C8H7F3O3. The third-order valence-corrected chi connectivity index (χ3v) is 1.29. The van der Waals surface area contributed by atoms with Crippen molar-refractivity contribution in [3.63, 3.8) is 0 Å². The van der Waals surface area contributed by atoms with Gasteiger partial charge in [0, 0.05) is 0 Å². The lowest BCUT2D eigenvalue weighted by molar-refractivity contribution is -0.274. The minimum Gasteiger partial charge on any atom is -0.468 e. The molecule has 0 unspecified atom stereocenters. The molecule has 1 aromatic rings. The Hall–Kier alpha value is -1.43. The number of halogens is 3. The van der Waals surface area contributed by atoms with Crippen molar-refractivity contribution in [1.82, 2.24) is 0 Å². The molecule has 0 bridgehead atoms. The molecule has 1 aromatic carbocycles. The first-order valence-electron chi connectivity index (χ1n) is 3.61. The van der Waals surface area contributed by atoms with Crippen molar-refractivity contribution < 1.29 is 27.8 Å². The largest absolute Gasteiger partial charge is 0.573 e. The zero-order valence-electron chi connectivity index (χ0n) is 6.91. The quantitative estimate of drug-likeness (QED) is 0.771.